The monoisotopic (exact) mass is 278 g/mol. The molecule has 1 aliphatic rings. The summed E-state index contributed by atoms with van der Waals surface area (Å²) in [6.07, 6.45) is 3.23. The van der Waals surface area contributed by atoms with Crippen LogP contribution in [0.4, 0.5) is 0 Å². The van der Waals surface area contributed by atoms with Gasteiger partial charge in [0.2, 0.25) is 10.0 Å². The van der Waals surface area contributed by atoms with Gasteiger partial charge in [-0.15, -0.1) is 0 Å². The Labute approximate surface area is 111 Å². The zero-order valence-electron chi connectivity index (χ0n) is 11.5. The van der Waals surface area contributed by atoms with Crippen molar-refractivity contribution in [2.75, 3.05) is 32.1 Å². The van der Waals surface area contributed by atoms with Crippen molar-refractivity contribution in [2.45, 2.75) is 45.1 Å². The Bertz CT molecular complexity index is 324. The van der Waals surface area contributed by atoms with E-state index < -0.39 is 10.0 Å². The number of sulfonamides is 1. The highest BCUT2D eigenvalue weighted by atomic mass is 32.2. The van der Waals surface area contributed by atoms with Gasteiger partial charge in [0.1, 0.15) is 0 Å². The SMILES string of the molecule is CCCNCCCS(=O)(=O)NC1(C)CCOCC1. The molecule has 0 radical (unpaired) electrons. The topological polar surface area (TPSA) is 67.4 Å². The molecule has 0 aliphatic carbocycles. The number of ether oxygens (including phenoxy) is 1. The Morgan fingerprint density at radius 3 is 2.50 bits per heavy atom. The van der Waals surface area contributed by atoms with Crippen LogP contribution >= 0.6 is 0 Å². The first kappa shape index (κ1) is 15.9. The summed E-state index contributed by atoms with van der Waals surface area (Å²) >= 11 is 0. The highest BCUT2D eigenvalue weighted by Gasteiger charge is 2.31. The lowest BCUT2D eigenvalue weighted by atomic mass is 9.94. The molecule has 1 fully saturated rings. The van der Waals surface area contributed by atoms with Crippen molar-refractivity contribution in [1.29, 1.82) is 0 Å². The molecule has 0 aromatic carbocycles. The molecule has 0 aromatic rings. The summed E-state index contributed by atoms with van der Waals surface area (Å²) in [7, 11) is -3.17. The molecule has 1 saturated heterocycles. The molecule has 18 heavy (non-hydrogen) atoms. The molecular weight excluding hydrogens is 252 g/mol. The Balaban J connectivity index is 2.30. The van der Waals surface area contributed by atoms with Crippen LogP contribution in [0.25, 0.3) is 0 Å². The lowest BCUT2D eigenvalue weighted by molar-refractivity contribution is 0.0537. The number of rotatable bonds is 8. The van der Waals surface area contributed by atoms with Crippen LogP contribution < -0.4 is 10.0 Å². The summed E-state index contributed by atoms with van der Waals surface area (Å²) < 4.78 is 32.0. The Morgan fingerprint density at radius 1 is 1.22 bits per heavy atom. The molecule has 1 aliphatic heterocycles. The maximum Gasteiger partial charge on any atom is 0.212 e. The first-order valence-corrected chi connectivity index (χ1v) is 8.43. The highest BCUT2D eigenvalue weighted by Crippen LogP contribution is 2.20. The Hall–Kier alpha value is -0.170. The maximum absolute atomic E-state index is 12.0. The van der Waals surface area contributed by atoms with Crippen LogP contribution in [0.2, 0.25) is 0 Å². The standard InChI is InChI=1S/C12H26N2O3S/c1-3-7-13-8-4-11-18(15,16)14-12(2)5-9-17-10-6-12/h13-14H,3-11H2,1-2H3. The molecule has 0 unspecified atom stereocenters. The summed E-state index contributed by atoms with van der Waals surface area (Å²) in [4.78, 5) is 0. The fourth-order valence-electron chi connectivity index (χ4n) is 2.04. The average Bonchev–Trinajstić information content (AvgIpc) is 2.28. The third-order valence-electron chi connectivity index (χ3n) is 3.19. The lowest BCUT2D eigenvalue weighted by Gasteiger charge is -2.34. The molecule has 1 rings (SSSR count). The van der Waals surface area contributed by atoms with E-state index in [2.05, 4.69) is 17.0 Å². The molecule has 108 valence electrons. The van der Waals surface area contributed by atoms with E-state index in [0.29, 0.717) is 19.6 Å². The zero-order valence-corrected chi connectivity index (χ0v) is 12.3. The normalized spacial score (nSPS) is 19.9. The number of hydrogen-bond donors (Lipinski definition) is 2. The van der Waals surface area contributed by atoms with Crippen molar-refractivity contribution in [2.24, 2.45) is 0 Å². The summed E-state index contributed by atoms with van der Waals surface area (Å²) in [6, 6.07) is 0. The van der Waals surface area contributed by atoms with Gasteiger partial charge in [-0.2, -0.15) is 0 Å². The van der Waals surface area contributed by atoms with Gasteiger partial charge in [-0.1, -0.05) is 6.92 Å². The molecule has 5 nitrogen and oxygen atoms in total. The highest BCUT2D eigenvalue weighted by molar-refractivity contribution is 7.89. The van der Waals surface area contributed by atoms with E-state index in [4.69, 9.17) is 4.74 Å². The van der Waals surface area contributed by atoms with E-state index in [9.17, 15) is 8.42 Å². The smallest absolute Gasteiger partial charge is 0.212 e. The first-order chi connectivity index (χ1) is 8.47. The Morgan fingerprint density at radius 2 is 1.89 bits per heavy atom. The first-order valence-electron chi connectivity index (χ1n) is 6.77. The van der Waals surface area contributed by atoms with Crippen LogP contribution in [0.15, 0.2) is 0 Å². The molecule has 0 amide bonds. The van der Waals surface area contributed by atoms with Crippen molar-refractivity contribution in [3.05, 3.63) is 0 Å². The molecule has 6 heteroatoms. The van der Waals surface area contributed by atoms with E-state index in [1.54, 1.807) is 0 Å². The van der Waals surface area contributed by atoms with Crippen LogP contribution in [0.1, 0.15) is 39.5 Å². The van der Waals surface area contributed by atoms with Gasteiger partial charge in [0.15, 0.2) is 0 Å². The zero-order chi connectivity index (χ0) is 13.5. The molecular formula is C12H26N2O3S. The predicted octanol–water partition coefficient (Wildman–Crippen LogP) is 0.865. The van der Waals surface area contributed by atoms with E-state index >= 15 is 0 Å². The Kier molecular flexibility index (Phi) is 6.55. The third kappa shape index (κ3) is 6.13. The van der Waals surface area contributed by atoms with E-state index in [1.807, 2.05) is 6.92 Å². The van der Waals surface area contributed by atoms with Crippen molar-refractivity contribution in [3.8, 4) is 0 Å². The second kappa shape index (κ2) is 7.43. The van der Waals surface area contributed by atoms with Gasteiger partial charge in [-0.05, 0) is 45.7 Å². The number of hydrogen-bond acceptors (Lipinski definition) is 4. The quantitative estimate of drug-likeness (QED) is 0.646. The van der Waals surface area contributed by atoms with Crippen LogP contribution in [-0.4, -0.2) is 46.0 Å². The number of nitrogens with one attached hydrogen (secondary N) is 2. The minimum Gasteiger partial charge on any atom is -0.381 e. The van der Waals surface area contributed by atoms with Crippen molar-refractivity contribution in [3.63, 3.8) is 0 Å². The second-order valence-electron chi connectivity index (χ2n) is 5.20. The molecule has 0 bridgehead atoms. The van der Waals surface area contributed by atoms with Crippen LogP contribution in [0, 0.1) is 0 Å². The summed E-state index contributed by atoms with van der Waals surface area (Å²) in [5, 5.41) is 3.21. The molecule has 0 atom stereocenters. The molecule has 2 N–H and O–H groups in total. The summed E-state index contributed by atoms with van der Waals surface area (Å²) in [5.74, 6) is 0.195. The molecule has 0 saturated carbocycles. The van der Waals surface area contributed by atoms with E-state index in [0.717, 1.165) is 32.4 Å². The molecule has 1 heterocycles. The van der Waals surface area contributed by atoms with E-state index in [-0.39, 0.29) is 11.3 Å². The second-order valence-corrected chi connectivity index (χ2v) is 7.04. The lowest BCUT2D eigenvalue weighted by Crippen LogP contribution is -2.50. The van der Waals surface area contributed by atoms with Crippen LogP contribution in [0.5, 0.6) is 0 Å². The van der Waals surface area contributed by atoms with Gasteiger partial charge in [0.25, 0.3) is 0 Å². The van der Waals surface area contributed by atoms with Gasteiger partial charge >= 0.3 is 0 Å². The van der Waals surface area contributed by atoms with Crippen molar-refractivity contribution >= 4 is 10.0 Å². The summed E-state index contributed by atoms with van der Waals surface area (Å²) in [5.41, 5.74) is -0.325. The molecule has 0 spiro atoms. The van der Waals surface area contributed by atoms with Crippen molar-refractivity contribution in [1.82, 2.24) is 10.0 Å². The predicted molar refractivity (Wildman–Crippen MR) is 73.2 cm³/mol. The maximum atomic E-state index is 12.0. The van der Waals surface area contributed by atoms with Gasteiger partial charge < -0.3 is 10.1 Å². The third-order valence-corrected chi connectivity index (χ3v) is 4.82. The van der Waals surface area contributed by atoms with Gasteiger partial charge in [-0.25, -0.2) is 13.1 Å². The average molecular weight is 278 g/mol. The van der Waals surface area contributed by atoms with Crippen LogP contribution in [0.3, 0.4) is 0 Å². The molecule has 0 aromatic heterocycles. The largest absolute Gasteiger partial charge is 0.381 e. The van der Waals surface area contributed by atoms with E-state index in [1.165, 1.54) is 0 Å². The minimum absolute atomic E-state index is 0.195. The minimum atomic E-state index is -3.17. The van der Waals surface area contributed by atoms with Crippen molar-refractivity contribution < 1.29 is 13.2 Å². The van der Waals surface area contributed by atoms with Gasteiger partial charge in [0.05, 0.1) is 5.75 Å². The fourth-order valence-corrected chi connectivity index (χ4v) is 3.62. The van der Waals surface area contributed by atoms with Gasteiger partial charge in [-0.3, -0.25) is 0 Å². The van der Waals surface area contributed by atoms with Gasteiger partial charge in [0, 0.05) is 18.8 Å². The fraction of sp³-hybridized carbons (Fsp3) is 1.00. The van der Waals surface area contributed by atoms with Crippen LogP contribution in [-0.2, 0) is 14.8 Å². The summed E-state index contributed by atoms with van der Waals surface area (Å²) in [6.45, 7) is 7.03.